The van der Waals surface area contributed by atoms with Crippen LogP contribution in [-0.4, -0.2) is 29.4 Å². The second-order valence-corrected chi connectivity index (χ2v) is 5.28. The molecule has 0 radical (unpaired) electrons. The fourth-order valence-corrected chi connectivity index (χ4v) is 2.59. The molecule has 0 aliphatic heterocycles. The van der Waals surface area contributed by atoms with Crippen LogP contribution in [0.3, 0.4) is 0 Å². The van der Waals surface area contributed by atoms with Crippen LogP contribution in [0.5, 0.6) is 0 Å². The standard InChI is InChI=1S/C15H21N7/c1-4-6-12-9-14(22-13(20-12)7-8-17-22)19-11(3)15-16-10-18-21(15)5-2/h7-11,19H,4-6H2,1-3H3. The van der Waals surface area contributed by atoms with Gasteiger partial charge in [-0.3, -0.25) is 0 Å². The first-order valence-corrected chi connectivity index (χ1v) is 7.70. The third-order valence-electron chi connectivity index (χ3n) is 3.62. The Balaban J connectivity index is 1.93. The Morgan fingerprint density at radius 3 is 2.91 bits per heavy atom. The van der Waals surface area contributed by atoms with Crippen molar-refractivity contribution in [3.8, 4) is 0 Å². The molecular formula is C15H21N7. The van der Waals surface area contributed by atoms with Crippen LogP contribution < -0.4 is 5.32 Å². The highest BCUT2D eigenvalue weighted by atomic mass is 15.4. The Labute approximate surface area is 129 Å². The summed E-state index contributed by atoms with van der Waals surface area (Å²) in [6.07, 6.45) is 5.38. The van der Waals surface area contributed by atoms with Crippen LogP contribution in [0, 0.1) is 0 Å². The molecule has 0 saturated carbocycles. The number of aromatic nitrogens is 6. The lowest BCUT2D eigenvalue weighted by Crippen LogP contribution is -2.16. The minimum atomic E-state index is 0.0340. The van der Waals surface area contributed by atoms with E-state index in [2.05, 4.69) is 52.3 Å². The van der Waals surface area contributed by atoms with Gasteiger partial charge in [-0.15, -0.1) is 0 Å². The first kappa shape index (κ1) is 14.5. The van der Waals surface area contributed by atoms with Gasteiger partial charge >= 0.3 is 0 Å². The highest BCUT2D eigenvalue weighted by Crippen LogP contribution is 2.19. The first-order valence-electron chi connectivity index (χ1n) is 7.70. The van der Waals surface area contributed by atoms with Gasteiger partial charge in [0.1, 0.15) is 18.0 Å². The van der Waals surface area contributed by atoms with Crippen molar-refractivity contribution in [1.82, 2.24) is 29.4 Å². The molecule has 3 rings (SSSR count). The van der Waals surface area contributed by atoms with Gasteiger partial charge in [0.05, 0.1) is 12.2 Å². The van der Waals surface area contributed by atoms with Gasteiger partial charge in [0, 0.05) is 24.4 Å². The van der Waals surface area contributed by atoms with Gasteiger partial charge in [-0.1, -0.05) is 13.3 Å². The highest BCUT2D eigenvalue weighted by molar-refractivity contribution is 5.49. The second-order valence-electron chi connectivity index (χ2n) is 5.28. The predicted octanol–water partition coefficient (Wildman–Crippen LogP) is 2.47. The third-order valence-corrected chi connectivity index (χ3v) is 3.62. The molecule has 0 saturated heterocycles. The van der Waals surface area contributed by atoms with Gasteiger partial charge in [-0.2, -0.15) is 14.7 Å². The molecular weight excluding hydrogens is 278 g/mol. The number of nitrogens with one attached hydrogen (secondary N) is 1. The fourth-order valence-electron chi connectivity index (χ4n) is 2.59. The molecule has 7 heteroatoms. The van der Waals surface area contributed by atoms with Crippen LogP contribution in [0.2, 0.25) is 0 Å². The highest BCUT2D eigenvalue weighted by Gasteiger charge is 2.15. The zero-order valence-corrected chi connectivity index (χ0v) is 13.2. The first-order chi connectivity index (χ1) is 10.7. The van der Waals surface area contributed by atoms with Gasteiger partial charge in [-0.05, 0) is 20.3 Å². The zero-order chi connectivity index (χ0) is 15.5. The van der Waals surface area contributed by atoms with Crippen molar-refractivity contribution in [1.29, 1.82) is 0 Å². The smallest absolute Gasteiger partial charge is 0.157 e. The van der Waals surface area contributed by atoms with E-state index in [4.69, 9.17) is 0 Å². The fraction of sp³-hybridized carbons (Fsp3) is 0.467. The van der Waals surface area contributed by atoms with Crippen LogP contribution in [0.25, 0.3) is 5.65 Å². The number of aryl methyl sites for hydroxylation is 2. The van der Waals surface area contributed by atoms with E-state index in [0.29, 0.717) is 0 Å². The summed E-state index contributed by atoms with van der Waals surface area (Å²) in [7, 11) is 0. The molecule has 3 heterocycles. The van der Waals surface area contributed by atoms with Crippen molar-refractivity contribution in [3.63, 3.8) is 0 Å². The quantitative estimate of drug-likeness (QED) is 0.757. The molecule has 0 spiro atoms. The average molecular weight is 299 g/mol. The topological polar surface area (TPSA) is 72.9 Å². The minimum Gasteiger partial charge on any atom is -0.360 e. The lowest BCUT2D eigenvalue weighted by atomic mass is 10.2. The number of anilines is 1. The average Bonchev–Trinajstić information content (AvgIpc) is 3.16. The van der Waals surface area contributed by atoms with E-state index >= 15 is 0 Å². The molecule has 1 N–H and O–H groups in total. The summed E-state index contributed by atoms with van der Waals surface area (Å²) in [5.74, 6) is 1.84. The van der Waals surface area contributed by atoms with Crippen LogP contribution in [-0.2, 0) is 13.0 Å². The van der Waals surface area contributed by atoms with Crippen LogP contribution in [0.15, 0.2) is 24.7 Å². The van der Waals surface area contributed by atoms with Crippen molar-refractivity contribution in [2.24, 2.45) is 0 Å². The largest absolute Gasteiger partial charge is 0.360 e. The van der Waals surface area contributed by atoms with Gasteiger partial charge in [0.25, 0.3) is 0 Å². The Bertz CT molecular complexity index is 758. The number of nitrogens with zero attached hydrogens (tertiary/aromatic N) is 6. The number of hydrogen-bond donors (Lipinski definition) is 1. The monoisotopic (exact) mass is 299 g/mol. The summed E-state index contributed by atoms with van der Waals surface area (Å²) in [6.45, 7) is 7.09. The van der Waals surface area contributed by atoms with Gasteiger partial charge in [0.2, 0.25) is 0 Å². The Morgan fingerprint density at radius 1 is 1.27 bits per heavy atom. The summed E-state index contributed by atoms with van der Waals surface area (Å²) in [5, 5.41) is 12.1. The lowest BCUT2D eigenvalue weighted by Gasteiger charge is -2.16. The maximum Gasteiger partial charge on any atom is 0.157 e. The minimum absolute atomic E-state index is 0.0340. The van der Waals surface area contributed by atoms with E-state index in [-0.39, 0.29) is 6.04 Å². The van der Waals surface area contributed by atoms with Crippen LogP contribution in [0.1, 0.15) is 44.8 Å². The number of fused-ring (bicyclic) bond motifs is 1. The molecule has 3 aromatic rings. The third kappa shape index (κ3) is 2.66. The summed E-state index contributed by atoms with van der Waals surface area (Å²) in [5.41, 5.74) is 1.93. The molecule has 7 nitrogen and oxygen atoms in total. The number of rotatable bonds is 6. The lowest BCUT2D eigenvalue weighted by molar-refractivity contribution is 0.591. The molecule has 116 valence electrons. The molecule has 0 aliphatic rings. The van der Waals surface area contributed by atoms with E-state index in [0.717, 1.165) is 42.4 Å². The maximum absolute atomic E-state index is 4.62. The maximum atomic E-state index is 4.62. The molecule has 1 atom stereocenters. The molecule has 3 aromatic heterocycles. The molecule has 1 unspecified atom stereocenters. The summed E-state index contributed by atoms with van der Waals surface area (Å²) in [6, 6.07) is 4.02. The predicted molar refractivity (Wildman–Crippen MR) is 84.7 cm³/mol. The van der Waals surface area contributed by atoms with Crippen molar-refractivity contribution >= 4 is 11.5 Å². The van der Waals surface area contributed by atoms with Crippen molar-refractivity contribution < 1.29 is 0 Å². The van der Waals surface area contributed by atoms with Crippen molar-refractivity contribution in [2.75, 3.05) is 5.32 Å². The van der Waals surface area contributed by atoms with E-state index in [1.165, 1.54) is 0 Å². The van der Waals surface area contributed by atoms with Crippen molar-refractivity contribution in [2.45, 2.75) is 46.2 Å². The second kappa shape index (κ2) is 6.13. The van der Waals surface area contributed by atoms with Gasteiger partial charge < -0.3 is 5.32 Å². The molecule has 0 aliphatic carbocycles. The zero-order valence-electron chi connectivity index (χ0n) is 13.2. The molecule has 22 heavy (non-hydrogen) atoms. The Morgan fingerprint density at radius 2 is 2.14 bits per heavy atom. The summed E-state index contributed by atoms with van der Waals surface area (Å²) >= 11 is 0. The Hall–Kier alpha value is -2.44. The summed E-state index contributed by atoms with van der Waals surface area (Å²) < 4.78 is 3.72. The van der Waals surface area contributed by atoms with E-state index in [1.807, 2.05) is 15.3 Å². The SMILES string of the molecule is CCCc1cc(NC(C)c2ncnn2CC)n2nccc2n1. The van der Waals surface area contributed by atoms with E-state index < -0.39 is 0 Å². The van der Waals surface area contributed by atoms with E-state index in [1.54, 1.807) is 12.5 Å². The van der Waals surface area contributed by atoms with E-state index in [9.17, 15) is 0 Å². The van der Waals surface area contributed by atoms with Crippen LogP contribution >= 0.6 is 0 Å². The number of hydrogen-bond acceptors (Lipinski definition) is 5. The van der Waals surface area contributed by atoms with Crippen LogP contribution in [0.4, 0.5) is 5.82 Å². The Kier molecular flexibility index (Phi) is 4.04. The molecule has 0 bridgehead atoms. The summed E-state index contributed by atoms with van der Waals surface area (Å²) in [4.78, 5) is 8.97. The molecule has 0 fully saturated rings. The van der Waals surface area contributed by atoms with Gasteiger partial charge in [0.15, 0.2) is 5.65 Å². The van der Waals surface area contributed by atoms with Crippen molar-refractivity contribution in [3.05, 3.63) is 36.2 Å². The normalized spacial score (nSPS) is 12.7. The molecule has 0 amide bonds. The molecule has 0 aromatic carbocycles. The van der Waals surface area contributed by atoms with Gasteiger partial charge in [-0.25, -0.2) is 14.6 Å².